The molecule has 4 aromatic rings. The Morgan fingerprint density at radius 1 is 0.667 bits per heavy atom. The average molecular weight is 998 g/mol. The van der Waals surface area contributed by atoms with Gasteiger partial charge < -0.3 is 50.3 Å². The lowest BCUT2D eigenvalue weighted by atomic mass is 9.67. The molecule has 378 valence electrons. The van der Waals surface area contributed by atoms with E-state index < -0.39 is 11.2 Å². The van der Waals surface area contributed by atoms with E-state index in [1.54, 1.807) is 69.7 Å². The Kier molecular flexibility index (Phi) is 19.2. The van der Waals surface area contributed by atoms with Crippen molar-refractivity contribution < 1.29 is 38.1 Å². The van der Waals surface area contributed by atoms with Crippen molar-refractivity contribution >= 4 is 46.4 Å². The Labute approximate surface area is 417 Å². The van der Waals surface area contributed by atoms with Crippen molar-refractivity contribution in [1.82, 2.24) is 20.4 Å². The fourth-order valence-corrected chi connectivity index (χ4v) is 9.88. The number of piperidine rings is 2. The minimum atomic E-state index is -0.855. The van der Waals surface area contributed by atoms with Crippen LogP contribution in [0.1, 0.15) is 85.2 Å². The second-order valence-electron chi connectivity index (χ2n) is 19.8. The lowest BCUT2D eigenvalue weighted by Gasteiger charge is -2.50. The summed E-state index contributed by atoms with van der Waals surface area (Å²) in [6.45, 7) is 13.9. The molecule has 12 nitrogen and oxygen atoms in total. The molecule has 2 heterocycles. The summed E-state index contributed by atoms with van der Waals surface area (Å²) in [5, 5.41) is 32.1. The van der Waals surface area contributed by atoms with E-state index in [9.17, 15) is 28.6 Å². The van der Waals surface area contributed by atoms with Crippen molar-refractivity contribution in [3.8, 4) is 11.5 Å². The van der Waals surface area contributed by atoms with Gasteiger partial charge >= 0.3 is 0 Å². The molecule has 2 saturated heterocycles. The Morgan fingerprint density at radius 3 is 1.45 bits per heavy atom. The summed E-state index contributed by atoms with van der Waals surface area (Å²) in [6, 6.07) is 19.5. The number of anilines is 2. The van der Waals surface area contributed by atoms with Crippen LogP contribution >= 0.6 is 23.2 Å². The third kappa shape index (κ3) is 14.2. The molecule has 2 unspecified atom stereocenters. The molecule has 0 spiro atoms. The molecule has 0 radical (unpaired) electrons. The number of carbonyl (C=O) groups excluding carboxylic acids is 2. The highest BCUT2D eigenvalue weighted by molar-refractivity contribution is 6.34. The number of halogens is 4. The number of hydrogen-bond donors (Lipinski definition) is 5. The summed E-state index contributed by atoms with van der Waals surface area (Å²) in [5.41, 5.74) is 1.80. The molecule has 0 aromatic heterocycles. The second-order valence-corrected chi connectivity index (χ2v) is 20.6. The zero-order valence-corrected chi connectivity index (χ0v) is 43.2. The number of carbonyl (C=O) groups is 2. The first kappa shape index (κ1) is 55.2. The number of rotatable bonds is 18. The highest BCUT2D eigenvalue weighted by Crippen LogP contribution is 2.43. The summed E-state index contributed by atoms with van der Waals surface area (Å²) < 4.78 is 38.5. The zero-order chi connectivity index (χ0) is 50.7. The molecule has 2 fully saturated rings. The quantitative estimate of drug-likeness (QED) is 0.0616. The van der Waals surface area contributed by atoms with Crippen LogP contribution in [0.25, 0.3) is 0 Å². The number of hydrogen-bond acceptors (Lipinski definition) is 10. The number of nitrogens with zero attached hydrogens (tertiary/aromatic N) is 3. The van der Waals surface area contributed by atoms with Gasteiger partial charge in [-0.05, 0) is 73.2 Å². The summed E-state index contributed by atoms with van der Waals surface area (Å²) in [6.07, 6.45) is 3.84. The highest BCUT2D eigenvalue weighted by atomic mass is 35.5. The number of amides is 2. The van der Waals surface area contributed by atoms with Crippen LogP contribution in [-0.4, -0.2) is 131 Å². The monoisotopic (exact) mass is 996 g/mol. The van der Waals surface area contributed by atoms with Crippen molar-refractivity contribution in [2.24, 2.45) is 10.8 Å². The van der Waals surface area contributed by atoms with Crippen molar-refractivity contribution in [2.75, 3.05) is 97.9 Å². The van der Waals surface area contributed by atoms with Crippen LogP contribution in [0.3, 0.4) is 0 Å². The van der Waals surface area contributed by atoms with Crippen LogP contribution in [-0.2, 0) is 12.8 Å². The van der Waals surface area contributed by atoms with Gasteiger partial charge in [0, 0.05) is 110 Å². The molecule has 16 heteroatoms. The fraction of sp³-hybridized carbons (Fsp3) is 0.509. The molecule has 2 aliphatic heterocycles. The smallest absolute Gasteiger partial charge is 0.254 e. The van der Waals surface area contributed by atoms with E-state index in [1.807, 2.05) is 19.0 Å². The van der Waals surface area contributed by atoms with Crippen molar-refractivity contribution in [3.05, 3.63) is 117 Å². The van der Waals surface area contributed by atoms with E-state index in [0.29, 0.717) is 77.3 Å². The standard InChI is InChI=1S/C27H37ClFN3O3.C26H35ClFN3O3/c1-26(2)18-32(13-11-27(26,34)17-19-7-9-20(29)10-8-19)12-6-14-35-24-16-23(31(4)5)22(28)15-21(24)25(33)30-3;1-25(2)17-31(12-10-26(25,33)16-18-6-8-19(28)9-7-18)11-5-13-34-23-15-22(29-3)21(27)14-20(23)24(32)30-4/h7-10,15-16,34H,6,11-14,17-18H2,1-5H3,(H,30,33);6-9,14-15,29,33H,5,10-13,16-17H2,1-4H3,(H,30,32). The molecule has 69 heavy (non-hydrogen) atoms. The average Bonchev–Trinajstić information content (AvgIpc) is 3.30. The number of aliphatic hydroxyl groups is 2. The molecule has 4 aromatic carbocycles. The first-order chi connectivity index (χ1) is 32.5. The molecule has 0 saturated carbocycles. The topological polar surface area (TPSA) is 139 Å². The Hall–Kier alpha value is -4.70. The predicted octanol–water partition coefficient (Wildman–Crippen LogP) is 8.73. The molecule has 2 aliphatic rings. The van der Waals surface area contributed by atoms with Crippen LogP contribution in [0.2, 0.25) is 10.0 Å². The minimum absolute atomic E-state index is 0.245. The maximum Gasteiger partial charge on any atom is 0.254 e. The summed E-state index contributed by atoms with van der Waals surface area (Å²) in [4.78, 5) is 31.1. The van der Waals surface area contributed by atoms with E-state index in [1.165, 1.54) is 24.3 Å². The molecule has 0 aliphatic carbocycles. The third-order valence-corrected chi connectivity index (χ3v) is 14.4. The van der Waals surface area contributed by atoms with Gasteiger partial charge in [0.05, 0.1) is 57.0 Å². The van der Waals surface area contributed by atoms with Gasteiger partial charge in [-0.1, -0.05) is 75.2 Å². The number of nitrogens with one attached hydrogen (secondary N) is 3. The normalized spacial score (nSPS) is 20.0. The van der Waals surface area contributed by atoms with E-state index in [0.717, 1.165) is 68.9 Å². The fourth-order valence-electron chi connectivity index (χ4n) is 9.28. The highest BCUT2D eigenvalue weighted by Gasteiger charge is 2.48. The van der Waals surface area contributed by atoms with Gasteiger partial charge in [-0.3, -0.25) is 9.59 Å². The van der Waals surface area contributed by atoms with E-state index >= 15 is 0 Å². The van der Waals surface area contributed by atoms with Crippen LogP contribution in [0.4, 0.5) is 20.2 Å². The van der Waals surface area contributed by atoms with E-state index in [-0.39, 0.29) is 34.3 Å². The van der Waals surface area contributed by atoms with Crippen LogP contribution in [0.5, 0.6) is 11.5 Å². The van der Waals surface area contributed by atoms with Crippen LogP contribution < -0.4 is 30.3 Å². The molecule has 0 bridgehead atoms. The van der Waals surface area contributed by atoms with E-state index in [2.05, 4.69) is 53.4 Å². The first-order valence-corrected chi connectivity index (χ1v) is 24.4. The Bertz CT molecular complexity index is 2350. The Balaban J connectivity index is 0.000000258. The maximum atomic E-state index is 13.3. The lowest BCUT2D eigenvalue weighted by molar-refractivity contribution is -0.118. The molecule has 5 N–H and O–H groups in total. The lowest BCUT2D eigenvalue weighted by Crippen LogP contribution is -2.58. The van der Waals surface area contributed by atoms with Gasteiger partial charge in [-0.25, -0.2) is 8.78 Å². The number of benzene rings is 4. The number of likely N-dealkylation sites (tertiary alicyclic amines) is 2. The molecular formula is C53H72Cl2F2N6O6. The van der Waals surface area contributed by atoms with Gasteiger partial charge in [-0.2, -0.15) is 0 Å². The molecule has 6 rings (SSSR count). The summed E-state index contributed by atoms with van der Waals surface area (Å²) in [5.74, 6) is -0.0414. The maximum absolute atomic E-state index is 13.3. The predicted molar refractivity (Wildman–Crippen MR) is 274 cm³/mol. The Morgan fingerprint density at radius 2 is 1.07 bits per heavy atom. The van der Waals surface area contributed by atoms with Gasteiger partial charge in [0.25, 0.3) is 11.8 Å². The molecular weight excluding hydrogens is 926 g/mol. The van der Waals surface area contributed by atoms with Gasteiger partial charge in [-0.15, -0.1) is 0 Å². The van der Waals surface area contributed by atoms with Crippen molar-refractivity contribution in [3.63, 3.8) is 0 Å². The largest absolute Gasteiger partial charge is 0.493 e. The van der Waals surface area contributed by atoms with E-state index in [4.69, 9.17) is 32.7 Å². The van der Waals surface area contributed by atoms with Gasteiger partial charge in [0.2, 0.25) is 0 Å². The molecule has 2 amide bonds. The summed E-state index contributed by atoms with van der Waals surface area (Å²) in [7, 11) is 8.69. The minimum Gasteiger partial charge on any atom is -0.493 e. The van der Waals surface area contributed by atoms with Crippen LogP contribution in [0.15, 0.2) is 72.8 Å². The van der Waals surface area contributed by atoms with Gasteiger partial charge in [0.15, 0.2) is 0 Å². The number of ether oxygens (including phenoxy) is 2. The SMILES string of the molecule is CNC(=O)c1cc(Cl)c(N(C)C)cc1OCCCN1CCC(O)(Cc2ccc(F)cc2)C(C)(C)C1.CNC(=O)c1cc(Cl)c(NC)cc1OCCCN1CCC(O)(Cc2ccc(F)cc2)C(C)(C)C1. The van der Waals surface area contributed by atoms with Gasteiger partial charge in [0.1, 0.15) is 23.1 Å². The summed E-state index contributed by atoms with van der Waals surface area (Å²) >= 11 is 12.6. The van der Waals surface area contributed by atoms with Crippen LogP contribution in [0, 0.1) is 22.5 Å². The zero-order valence-electron chi connectivity index (χ0n) is 41.7. The first-order valence-electron chi connectivity index (χ1n) is 23.6. The molecule has 2 atom stereocenters. The van der Waals surface area contributed by atoms with Crippen molar-refractivity contribution in [1.29, 1.82) is 0 Å². The second kappa shape index (κ2) is 23.9. The van der Waals surface area contributed by atoms with Crippen molar-refractivity contribution in [2.45, 2.75) is 77.4 Å². The third-order valence-electron chi connectivity index (χ3n) is 13.8.